The third-order valence-electron chi connectivity index (χ3n) is 9.72. The minimum absolute atomic E-state index is 0.0125. The number of aliphatic carboxylic acids is 1. The number of hydrogen-bond acceptors (Lipinski definition) is 13. The highest BCUT2D eigenvalue weighted by Crippen LogP contribution is 2.41. The number of piperazine rings is 1. The van der Waals surface area contributed by atoms with E-state index in [1.807, 2.05) is 54.6 Å². The molecule has 62 heavy (non-hydrogen) atoms. The number of carbonyl (C=O) groups is 5. The van der Waals surface area contributed by atoms with Crippen LogP contribution in [0, 0.1) is 0 Å². The number of nitrogens with zero attached hydrogens (tertiary/aromatic N) is 4. The van der Waals surface area contributed by atoms with Crippen molar-refractivity contribution in [2.75, 3.05) is 91.2 Å². The second-order valence-corrected chi connectivity index (χ2v) is 16.4. The Morgan fingerprint density at radius 1 is 0.806 bits per heavy atom. The van der Waals surface area contributed by atoms with E-state index in [-0.39, 0.29) is 75.7 Å². The maximum Gasteiger partial charge on any atom is 0.323 e. The van der Waals surface area contributed by atoms with E-state index >= 15 is 0 Å². The Morgan fingerprint density at radius 2 is 1.55 bits per heavy atom. The molecule has 326 valence electrons. The lowest BCUT2D eigenvalue weighted by atomic mass is 9.90. The van der Waals surface area contributed by atoms with Gasteiger partial charge < -0.3 is 43.8 Å². The van der Waals surface area contributed by atoms with Gasteiger partial charge in [-0.15, -0.1) is 0 Å². The highest BCUT2D eigenvalue weighted by Gasteiger charge is 2.28. The highest BCUT2D eigenvalue weighted by molar-refractivity contribution is 8.76. The van der Waals surface area contributed by atoms with Crippen LogP contribution < -0.4 is 10.7 Å². The maximum atomic E-state index is 14.0. The smallest absolute Gasteiger partial charge is 0.323 e. The number of ether oxygens (including phenoxy) is 3. The predicted octanol–water partition coefficient (Wildman–Crippen LogP) is 4.15. The van der Waals surface area contributed by atoms with Gasteiger partial charge in [0.1, 0.15) is 36.1 Å². The standard InChI is InChI=1S/C44H47N5O11S2/c50-31-12-13-35-37(27-31)60-36-10-4-3-9-34(36)43(35)32-7-1-2-8-33(32)44(56)48-19-17-47(18-20-48)40(52)29-59-30-41(53)49(28-42(54)55)21-23-58-25-24-57-22-16-45-38(51)14-26-61-62-39-11-5-6-15-46-39/h1-13,15,27H,14,16-26,28-30H2,(H,45,51)(H,54,55). The molecule has 3 aromatic rings. The summed E-state index contributed by atoms with van der Waals surface area (Å²) in [5.41, 5.74) is 3.03. The van der Waals surface area contributed by atoms with Gasteiger partial charge in [0, 0.05) is 85.8 Å². The quantitative estimate of drug-likeness (QED) is 0.0571. The number of para-hydroxylation sites is 1. The molecule has 6 rings (SSSR count). The number of amides is 4. The van der Waals surface area contributed by atoms with E-state index in [9.17, 15) is 33.9 Å². The van der Waals surface area contributed by atoms with Crippen molar-refractivity contribution in [3.8, 4) is 22.5 Å². The van der Waals surface area contributed by atoms with Crippen molar-refractivity contribution in [3.05, 3.63) is 107 Å². The number of carbonyl (C=O) groups excluding carboxylic acids is 4. The van der Waals surface area contributed by atoms with Crippen LogP contribution in [0.15, 0.2) is 105 Å². The molecule has 3 aliphatic rings. The van der Waals surface area contributed by atoms with Crippen molar-refractivity contribution >= 4 is 62.2 Å². The Hall–Kier alpha value is -5.79. The number of carboxylic acid groups (broad SMARTS) is 1. The van der Waals surface area contributed by atoms with Gasteiger partial charge in [-0.05, 0) is 52.8 Å². The van der Waals surface area contributed by atoms with Crippen molar-refractivity contribution in [2.24, 2.45) is 0 Å². The first-order valence-corrected chi connectivity index (χ1v) is 22.3. The summed E-state index contributed by atoms with van der Waals surface area (Å²) in [5.74, 6) is -1.41. The molecule has 1 saturated heterocycles. The van der Waals surface area contributed by atoms with E-state index in [1.54, 1.807) is 45.0 Å². The molecule has 0 bridgehead atoms. The Balaban J connectivity index is 0.881. The molecule has 1 aromatic heterocycles. The van der Waals surface area contributed by atoms with Gasteiger partial charge in [0.05, 0.1) is 26.4 Å². The lowest BCUT2D eigenvalue weighted by Crippen LogP contribution is -2.51. The highest BCUT2D eigenvalue weighted by atomic mass is 33.1. The molecule has 1 aliphatic carbocycles. The van der Waals surface area contributed by atoms with Crippen LogP contribution in [0.3, 0.4) is 0 Å². The zero-order valence-corrected chi connectivity index (χ0v) is 35.5. The predicted molar refractivity (Wildman–Crippen MR) is 234 cm³/mol. The Morgan fingerprint density at radius 3 is 2.34 bits per heavy atom. The summed E-state index contributed by atoms with van der Waals surface area (Å²) in [6.45, 7) is 0.686. The molecule has 16 nitrogen and oxygen atoms in total. The molecule has 18 heteroatoms. The summed E-state index contributed by atoms with van der Waals surface area (Å²) >= 11 is 0. The van der Waals surface area contributed by atoms with Crippen molar-refractivity contribution in [3.63, 3.8) is 0 Å². The summed E-state index contributed by atoms with van der Waals surface area (Å²) in [6, 6.07) is 25.0. The summed E-state index contributed by atoms with van der Waals surface area (Å²) in [6.07, 6.45) is 2.09. The van der Waals surface area contributed by atoms with Gasteiger partial charge in [-0.25, -0.2) is 4.98 Å². The number of pyridine rings is 1. The zero-order chi connectivity index (χ0) is 43.7. The van der Waals surface area contributed by atoms with Crippen LogP contribution in [-0.2, 0) is 33.4 Å². The number of aromatic nitrogens is 1. The van der Waals surface area contributed by atoms with Gasteiger partial charge in [-0.3, -0.25) is 28.8 Å². The fourth-order valence-electron chi connectivity index (χ4n) is 6.67. The first kappa shape index (κ1) is 45.7. The van der Waals surface area contributed by atoms with Crippen molar-refractivity contribution in [1.82, 2.24) is 25.0 Å². The Kier molecular flexibility index (Phi) is 17.3. The van der Waals surface area contributed by atoms with Gasteiger partial charge in [-0.2, -0.15) is 0 Å². The minimum Gasteiger partial charge on any atom is -0.480 e. The first-order valence-electron chi connectivity index (χ1n) is 20.0. The number of nitrogens with one attached hydrogen (secondary N) is 1. The van der Waals surface area contributed by atoms with Gasteiger partial charge in [0.15, 0.2) is 5.43 Å². The normalized spacial score (nSPS) is 12.7. The van der Waals surface area contributed by atoms with E-state index in [4.69, 9.17) is 18.6 Å². The van der Waals surface area contributed by atoms with Gasteiger partial charge in [-0.1, -0.05) is 53.3 Å². The third-order valence-corrected chi connectivity index (χ3v) is 12.0. The van der Waals surface area contributed by atoms with Crippen LogP contribution in [0.1, 0.15) is 16.8 Å². The second-order valence-electron chi connectivity index (χ2n) is 13.9. The first-order chi connectivity index (χ1) is 30.2. The fraction of sp³-hybridized carbons (Fsp3) is 0.341. The Bertz CT molecular complexity index is 2340. The number of carboxylic acids is 1. The van der Waals surface area contributed by atoms with E-state index in [0.717, 1.165) is 20.9 Å². The summed E-state index contributed by atoms with van der Waals surface area (Å²) in [4.78, 5) is 84.2. The van der Waals surface area contributed by atoms with Gasteiger partial charge >= 0.3 is 5.97 Å². The largest absolute Gasteiger partial charge is 0.480 e. The van der Waals surface area contributed by atoms with Crippen LogP contribution in [-0.4, -0.2) is 146 Å². The van der Waals surface area contributed by atoms with E-state index in [0.29, 0.717) is 53.4 Å². The molecule has 0 unspecified atom stereocenters. The average molecular weight is 886 g/mol. The molecule has 0 atom stereocenters. The Labute approximate surface area is 365 Å². The molecular weight excluding hydrogens is 839 g/mol. The maximum absolute atomic E-state index is 14.0. The number of rotatable bonds is 22. The third kappa shape index (κ3) is 13.1. The molecular formula is C44H47N5O11S2. The van der Waals surface area contributed by atoms with Crippen molar-refractivity contribution in [1.29, 1.82) is 0 Å². The van der Waals surface area contributed by atoms with Crippen molar-refractivity contribution in [2.45, 2.75) is 11.4 Å². The molecule has 0 radical (unpaired) electrons. The van der Waals surface area contributed by atoms with Crippen LogP contribution in [0.5, 0.6) is 0 Å². The van der Waals surface area contributed by atoms with Gasteiger partial charge in [0.2, 0.25) is 17.7 Å². The topological polar surface area (TPSA) is 198 Å². The SMILES string of the molecule is O=C(O)CN(CCOCCOCCNC(=O)CCSSc1ccccn1)C(=O)COCC(=O)N1CCN(C(=O)c2ccccc2-c2c3ccc(=O)cc-3oc3ccccc23)CC1. The van der Waals surface area contributed by atoms with Gasteiger partial charge in [0.25, 0.3) is 5.91 Å². The summed E-state index contributed by atoms with van der Waals surface area (Å²) in [7, 11) is 3.08. The molecule has 4 amide bonds. The molecule has 2 aromatic carbocycles. The molecule has 0 spiro atoms. The van der Waals surface area contributed by atoms with Crippen molar-refractivity contribution < 1.29 is 47.7 Å². The zero-order valence-electron chi connectivity index (χ0n) is 33.9. The van der Waals surface area contributed by atoms with Crippen LogP contribution in [0.2, 0.25) is 0 Å². The molecule has 3 heterocycles. The molecule has 2 N–H and O–H groups in total. The number of fused-ring (bicyclic) bond motifs is 2. The van der Waals surface area contributed by atoms with Crippen LogP contribution >= 0.6 is 21.6 Å². The number of benzene rings is 3. The monoisotopic (exact) mass is 885 g/mol. The van der Waals surface area contributed by atoms with Crippen LogP contribution in [0.25, 0.3) is 33.4 Å². The lowest BCUT2D eigenvalue weighted by molar-refractivity contribution is -0.149. The van der Waals surface area contributed by atoms with E-state index < -0.39 is 31.6 Å². The lowest BCUT2D eigenvalue weighted by Gasteiger charge is -2.35. The number of hydrogen-bond donors (Lipinski definition) is 2. The molecule has 0 saturated carbocycles. The molecule has 1 fully saturated rings. The molecule has 2 aliphatic heterocycles. The summed E-state index contributed by atoms with van der Waals surface area (Å²) < 4.78 is 22.5. The van der Waals surface area contributed by atoms with E-state index in [1.165, 1.54) is 22.9 Å². The van der Waals surface area contributed by atoms with E-state index in [2.05, 4.69) is 10.3 Å². The fourth-order valence-corrected chi connectivity index (χ4v) is 8.54. The van der Waals surface area contributed by atoms with Crippen LogP contribution in [0.4, 0.5) is 0 Å². The minimum atomic E-state index is -1.21. The second kappa shape index (κ2) is 23.4. The average Bonchev–Trinajstić information content (AvgIpc) is 3.28. The summed E-state index contributed by atoms with van der Waals surface area (Å²) in [5, 5.41) is 13.8.